The van der Waals surface area contributed by atoms with Gasteiger partial charge in [0, 0.05) is 43.8 Å². The summed E-state index contributed by atoms with van der Waals surface area (Å²) in [5.74, 6) is 1.60. The van der Waals surface area contributed by atoms with Crippen LogP contribution in [-0.4, -0.2) is 37.5 Å². The topological polar surface area (TPSA) is 86.8 Å². The number of hydrogen-bond donors (Lipinski definition) is 2. The summed E-state index contributed by atoms with van der Waals surface area (Å²) in [5.41, 5.74) is -0.111. The predicted molar refractivity (Wildman–Crippen MR) is 82.6 cm³/mol. The molecule has 1 aliphatic rings. The summed E-state index contributed by atoms with van der Waals surface area (Å²) < 4.78 is 2.18. The van der Waals surface area contributed by atoms with E-state index < -0.39 is 5.69 Å². The number of likely N-dealkylation sites (tertiary alicyclic amines) is 1. The van der Waals surface area contributed by atoms with Crippen molar-refractivity contribution in [2.45, 2.75) is 32.9 Å². The van der Waals surface area contributed by atoms with Crippen molar-refractivity contribution in [3.05, 3.63) is 50.8 Å². The van der Waals surface area contributed by atoms with Crippen LogP contribution in [0.2, 0.25) is 0 Å². The van der Waals surface area contributed by atoms with E-state index in [-0.39, 0.29) is 5.56 Å². The Balaban J connectivity index is 1.64. The summed E-state index contributed by atoms with van der Waals surface area (Å²) in [6, 6.07) is 1.46. The molecule has 2 aromatic heterocycles. The molecule has 2 N–H and O–H groups in total. The van der Waals surface area contributed by atoms with Crippen LogP contribution in [0.5, 0.6) is 0 Å². The molecule has 118 valence electrons. The maximum Gasteiger partial charge on any atom is 0.325 e. The second-order valence-electron chi connectivity index (χ2n) is 5.98. The fourth-order valence-electron chi connectivity index (χ4n) is 3.16. The number of rotatable bonds is 4. The molecule has 3 rings (SSSR count). The van der Waals surface area contributed by atoms with Gasteiger partial charge in [0.1, 0.15) is 5.82 Å². The van der Waals surface area contributed by atoms with Gasteiger partial charge in [-0.25, -0.2) is 9.78 Å². The first-order valence-electron chi connectivity index (χ1n) is 7.63. The normalized spacial score (nSPS) is 19.4. The predicted octanol–water partition coefficient (Wildman–Crippen LogP) is 0.480. The lowest BCUT2D eigenvalue weighted by molar-refractivity contribution is 0.154. The van der Waals surface area contributed by atoms with Crippen molar-refractivity contribution in [3.8, 4) is 0 Å². The van der Waals surface area contributed by atoms with Crippen LogP contribution in [0.4, 0.5) is 0 Å². The van der Waals surface area contributed by atoms with E-state index in [4.69, 9.17) is 0 Å². The molecule has 0 aromatic carbocycles. The van der Waals surface area contributed by atoms with Crippen LogP contribution in [0.15, 0.2) is 28.0 Å². The standard InChI is InChI=1S/C15H21N5O2/c1-11-16-4-6-20(11)9-12-3-2-5-19(8-12)10-13-7-14(21)18-15(22)17-13/h4,6-7,12H,2-3,5,8-10H2,1H3,(H2,17,18,21,22). The van der Waals surface area contributed by atoms with E-state index in [0.717, 1.165) is 31.9 Å². The number of piperidine rings is 1. The summed E-state index contributed by atoms with van der Waals surface area (Å²) in [4.78, 5) is 34.1. The second kappa shape index (κ2) is 6.31. The highest BCUT2D eigenvalue weighted by Crippen LogP contribution is 2.19. The lowest BCUT2D eigenvalue weighted by Crippen LogP contribution is -2.37. The maximum absolute atomic E-state index is 11.4. The van der Waals surface area contributed by atoms with Crippen LogP contribution in [0.25, 0.3) is 0 Å². The Morgan fingerprint density at radius 2 is 2.23 bits per heavy atom. The third-order valence-electron chi connectivity index (χ3n) is 4.19. The van der Waals surface area contributed by atoms with Gasteiger partial charge in [-0.2, -0.15) is 0 Å². The van der Waals surface area contributed by atoms with Crippen molar-refractivity contribution in [1.82, 2.24) is 24.4 Å². The van der Waals surface area contributed by atoms with E-state index in [1.165, 1.54) is 12.5 Å². The number of imidazole rings is 1. The Labute approximate surface area is 128 Å². The zero-order chi connectivity index (χ0) is 15.5. The third-order valence-corrected chi connectivity index (χ3v) is 4.19. The minimum absolute atomic E-state index is 0.346. The Hall–Kier alpha value is -2.15. The second-order valence-corrected chi connectivity index (χ2v) is 5.98. The molecule has 0 radical (unpaired) electrons. The van der Waals surface area contributed by atoms with Gasteiger partial charge in [-0.1, -0.05) is 0 Å². The van der Waals surface area contributed by atoms with E-state index in [9.17, 15) is 9.59 Å². The first kappa shape index (κ1) is 14.8. The maximum atomic E-state index is 11.4. The molecule has 0 bridgehead atoms. The summed E-state index contributed by atoms with van der Waals surface area (Å²) in [6.45, 7) is 5.55. The first-order chi connectivity index (χ1) is 10.6. The highest BCUT2D eigenvalue weighted by molar-refractivity contribution is 4.99. The minimum atomic E-state index is -0.440. The van der Waals surface area contributed by atoms with Crippen molar-refractivity contribution in [2.24, 2.45) is 5.92 Å². The van der Waals surface area contributed by atoms with Crippen molar-refractivity contribution < 1.29 is 0 Å². The zero-order valence-corrected chi connectivity index (χ0v) is 12.7. The molecule has 0 spiro atoms. The molecular weight excluding hydrogens is 282 g/mol. The molecule has 3 heterocycles. The summed E-state index contributed by atoms with van der Waals surface area (Å²) in [7, 11) is 0. The quantitative estimate of drug-likeness (QED) is 0.860. The van der Waals surface area contributed by atoms with Crippen LogP contribution < -0.4 is 11.2 Å². The monoisotopic (exact) mass is 303 g/mol. The van der Waals surface area contributed by atoms with Gasteiger partial charge in [0.15, 0.2) is 0 Å². The van der Waals surface area contributed by atoms with Crippen LogP contribution in [0, 0.1) is 12.8 Å². The van der Waals surface area contributed by atoms with E-state index in [2.05, 4.69) is 24.4 Å². The van der Waals surface area contributed by atoms with E-state index in [1.54, 1.807) is 0 Å². The number of aromatic amines is 2. The molecule has 0 saturated carbocycles. The van der Waals surface area contributed by atoms with Gasteiger partial charge in [0.25, 0.3) is 5.56 Å². The Morgan fingerprint density at radius 3 is 2.95 bits per heavy atom. The van der Waals surface area contributed by atoms with Gasteiger partial charge in [-0.15, -0.1) is 0 Å². The van der Waals surface area contributed by atoms with E-state index in [1.807, 2.05) is 19.3 Å². The SMILES string of the molecule is Cc1nccn1CC1CCCN(Cc2cc(=O)[nH]c(=O)[nH]2)C1. The van der Waals surface area contributed by atoms with Gasteiger partial charge >= 0.3 is 5.69 Å². The lowest BCUT2D eigenvalue weighted by atomic mass is 9.97. The van der Waals surface area contributed by atoms with Gasteiger partial charge in [-0.05, 0) is 32.2 Å². The minimum Gasteiger partial charge on any atom is -0.335 e. The van der Waals surface area contributed by atoms with Crippen molar-refractivity contribution in [2.75, 3.05) is 13.1 Å². The average Bonchev–Trinajstić information content (AvgIpc) is 2.83. The van der Waals surface area contributed by atoms with E-state index >= 15 is 0 Å². The van der Waals surface area contributed by atoms with E-state index in [0.29, 0.717) is 18.2 Å². The molecule has 0 amide bonds. The average molecular weight is 303 g/mol. The molecule has 1 fully saturated rings. The number of H-pyrrole nitrogens is 2. The molecule has 1 unspecified atom stereocenters. The Morgan fingerprint density at radius 1 is 1.36 bits per heavy atom. The molecule has 7 nitrogen and oxygen atoms in total. The van der Waals surface area contributed by atoms with Crippen molar-refractivity contribution in [1.29, 1.82) is 0 Å². The van der Waals surface area contributed by atoms with Crippen molar-refractivity contribution >= 4 is 0 Å². The molecule has 2 aromatic rings. The van der Waals surface area contributed by atoms with Crippen LogP contribution in [0.3, 0.4) is 0 Å². The highest BCUT2D eigenvalue weighted by atomic mass is 16.2. The number of aryl methyl sites for hydroxylation is 1. The molecular formula is C15H21N5O2. The largest absolute Gasteiger partial charge is 0.335 e. The third kappa shape index (κ3) is 3.54. The van der Waals surface area contributed by atoms with Gasteiger partial charge < -0.3 is 9.55 Å². The molecule has 22 heavy (non-hydrogen) atoms. The summed E-state index contributed by atoms with van der Waals surface area (Å²) in [5, 5.41) is 0. The summed E-state index contributed by atoms with van der Waals surface area (Å²) >= 11 is 0. The Kier molecular flexibility index (Phi) is 4.24. The van der Waals surface area contributed by atoms with Gasteiger partial charge in [0.05, 0.1) is 0 Å². The fraction of sp³-hybridized carbons (Fsp3) is 0.533. The van der Waals surface area contributed by atoms with Gasteiger partial charge in [0.2, 0.25) is 0 Å². The molecule has 7 heteroatoms. The molecule has 1 saturated heterocycles. The highest BCUT2D eigenvalue weighted by Gasteiger charge is 2.21. The van der Waals surface area contributed by atoms with Crippen molar-refractivity contribution in [3.63, 3.8) is 0 Å². The first-order valence-corrected chi connectivity index (χ1v) is 7.63. The number of aromatic nitrogens is 4. The van der Waals surface area contributed by atoms with Crippen LogP contribution in [0.1, 0.15) is 24.4 Å². The molecule has 1 atom stereocenters. The smallest absolute Gasteiger partial charge is 0.325 e. The summed E-state index contributed by atoms with van der Waals surface area (Å²) in [6.07, 6.45) is 6.17. The molecule has 1 aliphatic heterocycles. The van der Waals surface area contributed by atoms with Crippen LogP contribution >= 0.6 is 0 Å². The zero-order valence-electron chi connectivity index (χ0n) is 12.7. The fourth-order valence-corrected chi connectivity index (χ4v) is 3.16. The number of hydrogen-bond acceptors (Lipinski definition) is 4. The Bertz CT molecular complexity index is 716. The lowest BCUT2D eigenvalue weighted by Gasteiger charge is -2.32. The molecule has 0 aliphatic carbocycles. The number of nitrogens with zero attached hydrogens (tertiary/aromatic N) is 3. The van der Waals surface area contributed by atoms with Gasteiger partial charge in [-0.3, -0.25) is 14.7 Å². The number of nitrogens with one attached hydrogen (secondary N) is 2. The van der Waals surface area contributed by atoms with Crippen LogP contribution in [-0.2, 0) is 13.1 Å².